The molecule has 1 aromatic rings. The molecule has 88 valence electrons. The molecule has 1 aromatic carbocycles. The van der Waals surface area contributed by atoms with E-state index in [1.165, 1.54) is 0 Å². The molecule has 1 heterocycles. The van der Waals surface area contributed by atoms with Gasteiger partial charge in [-0.2, -0.15) is 0 Å². The number of ether oxygens (including phenoxy) is 2. The minimum Gasteiger partial charge on any atom is -0.497 e. The second-order valence-electron chi connectivity index (χ2n) is 5.24. The maximum absolute atomic E-state index is 5.74. The van der Waals surface area contributed by atoms with Crippen molar-refractivity contribution in [1.82, 2.24) is 0 Å². The van der Waals surface area contributed by atoms with Crippen molar-refractivity contribution in [2.45, 2.75) is 26.8 Å². The van der Waals surface area contributed by atoms with E-state index in [9.17, 15) is 0 Å². The SMILES string of the molecule is COc1ccc2c(c1)NC(C(C)(C)C)CO2. The Hall–Kier alpha value is -1.38. The molecule has 1 aliphatic heterocycles. The topological polar surface area (TPSA) is 30.5 Å². The Labute approximate surface area is 96.8 Å². The Balaban J connectivity index is 2.25. The third kappa shape index (κ3) is 2.08. The fourth-order valence-electron chi connectivity index (χ4n) is 1.74. The van der Waals surface area contributed by atoms with Gasteiger partial charge in [-0.1, -0.05) is 20.8 Å². The number of fused-ring (bicyclic) bond motifs is 1. The average molecular weight is 221 g/mol. The first-order valence-electron chi connectivity index (χ1n) is 5.58. The van der Waals surface area contributed by atoms with E-state index in [2.05, 4.69) is 26.1 Å². The predicted molar refractivity (Wildman–Crippen MR) is 65.4 cm³/mol. The van der Waals surface area contributed by atoms with E-state index < -0.39 is 0 Å². The zero-order valence-corrected chi connectivity index (χ0v) is 10.3. The summed E-state index contributed by atoms with van der Waals surface area (Å²) in [5, 5.41) is 3.51. The molecule has 0 spiro atoms. The van der Waals surface area contributed by atoms with Crippen LogP contribution in [0.5, 0.6) is 11.5 Å². The summed E-state index contributed by atoms with van der Waals surface area (Å²) in [5.41, 5.74) is 1.20. The molecule has 0 saturated heterocycles. The van der Waals surface area contributed by atoms with Gasteiger partial charge >= 0.3 is 0 Å². The second kappa shape index (κ2) is 3.89. The van der Waals surface area contributed by atoms with E-state index in [-0.39, 0.29) is 5.41 Å². The Morgan fingerprint density at radius 3 is 2.75 bits per heavy atom. The van der Waals surface area contributed by atoms with E-state index in [1.54, 1.807) is 7.11 Å². The minimum atomic E-state index is 0.181. The summed E-state index contributed by atoms with van der Waals surface area (Å²) in [6.07, 6.45) is 0. The van der Waals surface area contributed by atoms with Crippen LogP contribution in [-0.2, 0) is 0 Å². The van der Waals surface area contributed by atoms with Crippen molar-refractivity contribution in [3.8, 4) is 11.5 Å². The Morgan fingerprint density at radius 1 is 1.38 bits per heavy atom. The highest BCUT2D eigenvalue weighted by atomic mass is 16.5. The van der Waals surface area contributed by atoms with Gasteiger partial charge in [0.05, 0.1) is 18.8 Å². The molecule has 0 amide bonds. The molecule has 3 nitrogen and oxygen atoms in total. The highest BCUT2D eigenvalue weighted by molar-refractivity contribution is 5.61. The third-order valence-corrected chi connectivity index (χ3v) is 2.97. The van der Waals surface area contributed by atoms with E-state index in [1.807, 2.05) is 18.2 Å². The van der Waals surface area contributed by atoms with Gasteiger partial charge in [-0.05, 0) is 17.5 Å². The molecule has 1 aliphatic rings. The van der Waals surface area contributed by atoms with Gasteiger partial charge in [0.25, 0.3) is 0 Å². The summed E-state index contributed by atoms with van der Waals surface area (Å²) in [7, 11) is 1.67. The molecule has 0 saturated carbocycles. The predicted octanol–water partition coefficient (Wildman–Crippen LogP) is 2.91. The Kier molecular flexibility index (Phi) is 2.70. The number of rotatable bonds is 1. The van der Waals surface area contributed by atoms with Crippen molar-refractivity contribution >= 4 is 5.69 Å². The van der Waals surface area contributed by atoms with Crippen molar-refractivity contribution in [2.24, 2.45) is 5.41 Å². The molecular formula is C13H19NO2. The summed E-state index contributed by atoms with van der Waals surface area (Å²) in [6.45, 7) is 7.33. The maximum Gasteiger partial charge on any atom is 0.142 e. The molecule has 1 atom stereocenters. The summed E-state index contributed by atoms with van der Waals surface area (Å²) >= 11 is 0. The first-order valence-corrected chi connectivity index (χ1v) is 5.58. The number of hydrogen-bond donors (Lipinski definition) is 1. The molecule has 0 aliphatic carbocycles. The number of methoxy groups -OCH3 is 1. The average Bonchev–Trinajstić information content (AvgIpc) is 2.26. The summed E-state index contributed by atoms with van der Waals surface area (Å²) in [5.74, 6) is 1.76. The van der Waals surface area contributed by atoms with Crippen LogP contribution in [0.25, 0.3) is 0 Å². The highest BCUT2D eigenvalue weighted by Gasteiger charge is 2.29. The molecule has 0 bridgehead atoms. The largest absolute Gasteiger partial charge is 0.497 e. The molecule has 0 fully saturated rings. The number of nitrogens with one attached hydrogen (secondary N) is 1. The lowest BCUT2D eigenvalue weighted by molar-refractivity contribution is 0.206. The summed E-state index contributed by atoms with van der Waals surface area (Å²) in [6, 6.07) is 6.16. The van der Waals surface area contributed by atoms with E-state index >= 15 is 0 Å². The lowest BCUT2D eigenvalue weighted by atomic mass is 9.86. The van der Waals surface area contributed by atoms with Crippen LogP contribution >= 0.6 is 0 Å². The Morgan fingerprint density at radius 2 is 2.12 bits per heavy atom. The molecule has 2 rings (SSSR count). The molecular weight excluding hydrogens is 202 g/mol. The van der Waals surface area contributed by atoms with Gasteiger partial charge in [0.1, 0.15) is 18.1 Å². The lowest BCUT2D eigenvalue weighted by Gasteiger charge is -2.36. The van der Waals surface area contributed by atoms with Gasteiger partial charge in [0, 0.05) is 6.07 Å². The fraction of sp³-hybridized carbons (Fsp3) is 0.538. The van der Waals surface area contributed by atoms with Crippen molar-refractivity contribution in [1.29, 1.82) is 0 Å². The monoisotopic (exact) mass is 221 g/mol. The van der Waals surface area contributed by atoms with Crippen LogP contribution in [0.3, 0.4) is 0 Å². The standard InChI is InChI=1S/C13H19NO2/c1-13(2,3)12-8-16-11-6-5-9(15-4)7-10(11)14-12/h5-7,12,14H,8H2,1-4H3. The quantitative estimate of drug-likeness (QED) is 0.791. The van der Waals surface area contributed by atoms with Gasteiger partial charge in [0.2, 0.25) is 0 Å². The molecule has 0 aromatic heterocycles. The highest BCUT2D eigenvalue weighted by Crippen LogP contribution is 2.36. The van der Waals surface area contributed by atoms with Crippen LogP contribution in [0, 0.1) is 5.41 Å². The number of hydrogen-bond acceptors (Lipinski definition) is 3. The zero-order chi connectivity index (χ0) is 11.8. The first-order chi connectivity index (χ1) is 7.50. The van der Waals surface area contributed by atoms with Crippen LogP contribution in [0.1, 0.15) is 20.8 Å². The van der Waals surface area contributed by atoms with E-state index in [4.69, 9.17) is 9.47 Å². The minimum absolute atomic E-state index is 0.181. The van der Waals surface area contributed by atoms with Crippen LogP contribution in [-0.4, -0.2) is 19.8 Å². The van der Waals surface area contributed by atoms with Crippen LogP contribution < -0.4 is 14.8 Å². The Bertz CT molecular complexity index is 382. The van der Waals surface area contributed by atoms with Crippen molar-refractivity contribution in [2.75, 3.05) is 19.0 Å². The lowest BCUT2D eigenvalue weighted by Crippen LogP contribution is -2.41. The van der Waals surface area contributed by atoms with Crippen LogP contribution in [0.15, 0.2) is 18.2 Å². The van der Waals surface area contributed by atoms with Crippen molar-refractivity contribution in [3.63, 3.8) is 0 Å². The van der Waals surface area contributed by atoms with E-state index in [0.29, 0.717) is 12.6 Å². The van der Waals surface area contributed by atoms with Gasteiger partial charge in [0.15, 0.2) is 0 Å². The fourth-order valence-corrected chi connectivity index (χ4v) is 1.74. The smallest absolute Gasteiger partial charge is 0.142 e. The van der Waals surface area contributed by atoms with Gasteiger partial charge in [-0.15, -0.1) is 0 Å². The third-order valence-electron chi connectivity index (χ3n) is 2.97. The van der Waals surface area contributed by atoms with Crippen LogP contribution in [0.4, 0.5) is 5.69 Å². The second-order valence-corrected chi connectivity index (χ2v) is 5.24. The van der Waals surface area contributed by atoms with Crippen molar-refractivity contribution in [3.05, 3.63) is 18.2 Å². The van der Waals surface area contributed by atoms with Crippen molar-refractivity contribution < 1.29 is 9.47 Å². The maximum atomic E-state index is 5.74. The summed E-state index contributed by atoms with van der Waals surface area (Å²) < 4.78 is 10.9. The number of anilines is 1. The molecule has 1 N–H and O–H groups in total. The molecule has 1 unspecified atom stereocenters. The van der Waals surface area contributed by atoms with Crippen LogP contribution in [0.2, 0.25) is 0 Å². The van der Waals surface area contributed by atoms with E-state index in [0.717, 1.165) is 17.2 Å². The van der Waals surface area contributed by atoms with Gasteiger partial charge in [-0.25, -0.2) is 0 Å². The normalized spacial score (nSPS) is 19.4. The number of benzene rings is 1. The molecule has 3 heteroatoms. The summed E-state index contributed by atoms with van der Waals surface area (Å²) in [4.78, 5) is 0. The first kappa shape index (κ1) is 11.1. The zero-order valence-electron chi connectivity index (χ0n) is 10.3. The van der Waals surface area contributed by atoms with Gasteiger partial charge < -0.3 is 14.8 Å². The molecule has 0 radical (unpaired) electrons. The molecule has 16 heavy (non-hydrogen) atoms. The van der Waals surface area contributed by atoms with Gasteiger partial charge in [-0.3, -0.25) is 0 Å².